The van der Waals surface area contributed by atoms with Gasteiger partial charge in [-0.25, -0.2) is 0 Å². The lowest BCUT2D eigenvalue weighted by Crippen LogP contribution is -2.35. The minimum atomic E-state index is 0.241. The number of aryl methyl sites for hydroxylation is 2. The number of rotatable bonds is 6. The van der Waals surface area contributed by atoms with Gasteiger partial charge in [0.2, 0.25) is 5.91 Å². The Morgan fingerprint density at radius 2 is 2.15 bits per heavy atom. The highest BCUT2D eigenvalue weighted by Gasteiger charge is 2.28. The number of amides is 1. The van der Waals surface area contributed by atoms with E-state index in [0.717, 1.165) is 62.7 Å². The number of aromatic nitrogens is 3. The molecule has 7 heteroatoms. The number of nitrogens with zero attached hydrogens (tertiary/aromatic N) is 5. The summed E-state index contributed by atoms with van der Waals surface area (Å²) in [6, 6.07) is 4.09. The molecule has 26 heavy (non-hydrogen) atoms. The Bertz CT molecular complexity index is 749. The molecule has 7 nitrogen and oxygen atoms in total. The number of carbonyl (C=O) groups excluding carboxylic acids is 1. The van der Waals surface area contributed by atoms with Gasteiger partial charge in [0.25, 0.3) is 0 Å². The molecule has 0 aromatic carbocycles. The maximum Gasteiger partial charge on any atom is 0.223 e. The predicted molar refractivity (Wildman–Crippen MR) is 96.5 cm³/mol. The molecule has 0 atom stereocenters. The second kappa shape index (κ2) is 7.61. The summed E-state index contributed by atoms with van der Waals surface area (Å²) in [5, 5.41) is 8.38. The van der Waals surface area contributed by atoms with E-state index in [1.807, 2.05) is 22.7 Å². The molecule has 1 aliphatic carbocycles. The summed E-state index contributed by atoms with van der Waals surface area (Å²) in [6.07, 6.45) is 6.54. The second-order valence-electron chi connectivity index (χ2n) is 7.45. The molecule has 1 saturated carbocycles. The van der Waals surface area contributed by atoms with E-state index in [1.165, 1.54) is 12.8 Å². The van der Waals surface area contributed by atoms with E-state index in [9.17, 15) is 4.79 Å². The number of hydrogen-bond acceptors (Lipinski definition) is 5. The molecule has 2 fully saturated rings. The zero-order chi connectivity index (χ0) is 17.9. The van der Waals surface area contributed by atoms with E-state index >= 15 is 0 Å². The second-order valence-corrected chi connectivity index (χ2v) is 7.45. The first-order valence-corrected chi connectivity index (χ1v) is 9.61. The topological polar surface area (TPSA) is 67.4 Å². The standard InChI is InChI=1S/C19H27N5O2/c1-22-17(7-8-20-22)5-6-19(25)24-10-2-9-23(11-12-24)14-16-13-18(26-21-16)15-3-4-15/h7-8,13,15H,2-6,9-12,14H2,1H3. The summed E-state index contributed by atoms with van der Waals surface area (Å²) in [5.41, 5.74) is 2.12. The molecule has 2 aromatic rings. The highest BCUT2D eigenvalue weighted by molar-refractivity contribution is 5.76. The Morgan fingerprint density at radius 1 is 1.27 bits per heavy atom. The van der Waals surface area contributed by atoms with Crippen LogP contribution in [0.3, 0.4) is 0 Å². The molecule has 0 spiro atoms. The molecule has 2 aromatic heterocycles. The van der Waals surface area contributed by atoms with Crippen molar-refractivity contribution in [3.63, 3.8) is 0 Å². The fourth-order valence-electron chi connectivity index (χ4n) is 3.61. The van der Waals surface area contributed by atoms with Gasteiger partial charge < -0.3 is 9.42 Å². The van der Waals surface area contributed by atoms with E-state index in [1.54, 1.807) is 6.20 Å². The van der Waals surface area contributed by atoms with Crippen molar-refractivity contribution >= 4 is 5.91 Å². The minimum absolute atomic E-state index is 0.241. The molecule has 1 aliphatic heterocycles. The maximum absolute atomic E-state index is 12.6. The maximum atomic E-state index is 12.6. The van der Waals surface area contributed by atoms with E-state index in [4.69, 9.17) is 4.52 Å². The van der Waals surface area contributed by atoms with E-state index in [-0.39, 0.29) is 5.91 Å². The first-order valence-electron chi connectivity index (χ1n) is 9.61. The zero-order valence-electron chi connectivity index (χ0n) is 15.4. The average Bonchev–Trinajstić information content (AvgIpc) is 3.32. The van der Waals surface area contributed by atoms with Crippen LogP contribution in [0.15, 0.2) is 22.9 Å². The molecule has 1 saturated heterocycles. The first kappa shape index (κ1) is 17.3. The molecule has 0 bridgehead atoms. The summed E-state index contributed by atoms with van der Waals surface area (Å²) in [7, 11) is 1.92. The normalized spacial score (nSPS) is 18.9. The van der Waals surface area contributed by atoms with Gasteiger partial charge in [0.15, 0.2) is 0 Å². The summed E-state index contributed by atoms with van der Waals surface area (Å²) in [4.78, 5) is 16.9. The van der Waals surface area contributed by atoms with Crippen molar-refractivity contribution in [2.24, 2.45) is 7.05 Å². The lowest BCUT2D eigenvalue weighted by molar-refractivity contribution is -0.131. The highest BCUT2D eigenvalue weighted by Crippen LogP contribution is 2.40. The van der Waals surface area contributed by atoms with Gasteiger partial charge in [0, 0.05) is 70.1 Å². The molecule has 0 N–H and O–H groups in total. The van der Waals surface area contributed by atoms with Crippen molar-refractivity contribution < 1.29 is 9.32 Å². The molecule has 4 rings (SSSR count). The Morgan fingerprint density at radius 3 is 2.92 bits per heavy atom. The van der Waals surface area contributed by atoms with E-state index < -0.39 is 0 Å². The number of carbonyl (C=O) groups is 1. The Labute approximate surface area is 153 Å². The van der Waals surface area contributed by atoms with Crippen LogP contribution in [-0.4, -0.2) is 56.8 Å². The molecular formula is C19H27N5O2. The fourth-order valence-corrected chi connectivity index (χ4v) is 3.61. The lowest BCUT2D eigenvalue weighted by Gasteiger charge is -2.21. The molecular weight excluding hydrogens is 330 g/mol. The SMILES string of the molecule is Cn1nccc1CCC(=O)N1CCCN(Cc2cc(C3CC3)on2)CC1. The molecule has 3 heterocycles. The summed E-state index contributed by atoms with van der Waals surface area (Å²) < 4.78 is 7.29. The van der Waals surface area contributed by atoms with Crippen molar-refractivity contribution in [2.75, 3.05) is 26.2 Å². The number of hydrogen-bond donors (Lipinski definition) is 0. The van der Waals surface area contributed by atoms with Crippen LogP contribution in [-0.2, 0) is 24.8 Å². The van der Waals surface area contributed by atoms with Gasteiger partial charge in [-0.15, -0.1) is 0 Å². The predicted octanol–water partition coefficient (Wildman–Crippen LogP) is 1.95. The van der Waals surface area contributed by atoms with E-state index in [0.29, 0.717) is 12.3 Å². The van der Waals surface area contributed by atoms with Gasteiger partial charge >= 0.3 is 0 Å². The molecule has 2 aliphatic rings. The Kier molecular flexibility index (Phi) is 5.06. The minimum Gasteiger partial charge on any atom is -0.361 e. The Balaban J connectivity index is 1.25. The van der Waals surface area contributed by atoms with Gasteiger partial charge in [-0.05, 0) is 31.7 Å². The third kappa shape index (κ3) is 4.15. The van der Waals surface area contributed by atoms with Crippen molar-refractivity contribution in [2.45, 2.75) is 44.6 Å². The molecule has 0 radical (unpaired) electrons. The molecule has 140 valence electrons. The van der Waals surface area contributed by atoms with Gasteiger partial charge in [-0.2, -0.15) is 5.10 Å². The smallest absolute Gasteiger partial charge is 0.223 e. The van der Waals surface area contributed by atoms with Crippen LogP contribution in [0.1, 0.15) is 48.7 Å². The van der Waals surface area contributed by atoms with Crippen LogP contribution in [0.5, 0.6) is 0 Å². The van der Waals surface area contributed by atoms with Crippen LogP contribution in [0, 0.1) is 0 Å². The van der Waals surface area contributed by atoms with Crippen LogP contribution in [0.2, 0.25) is 0 Å². The lowest BCUT2D eigenvalue weighted by atomic mass is 10.2. The van der Waals surface area contributed by atoms with Crippen LogP contribution < -0.4 is 0 Å². The monoisotopic (exact) mass is 357 g/mol. The van der Waals surface area contributed by atoms with Crippen molar-refractivity contribution in [1.82, 2.24) is 24.7 Å². The average molecular weight is 357 g/mol. The summed E-state index contributed by atoms with van der Waals surface area (Å²) in [5.74, 6) is 1.89. The van der Waals surface area contributed by atoms with Crippen LogP contribution >= 0.6 is 0 Å². The summed E-state index contributed by atoms with van der Waals surface area (Å²) in [6.45, 7) is 4.33. The first-order chi connectivity index (χ1) is 12.7. The van der Waals surface area contributed by atoms with Crippen molar-refractivity contribution in [3.05, 3.63) is 35.5 Å². The molecule has 1 amide bonds. The largest absolute Gasteiger partial charge is 0.361 e. The van der Waals surface area contributed by atoms with Crippen LogP contribution in [0.4, 0.5) is 0 Å². The van der Waals surface area contributed by atoms with Gasteiger partial charge in [-0.3, -0.25) is 14.4 Å². The fraction of sp³-hybridized carbons (Fsp3) is 0.632. The Hall–Kier alpha value is -2.15. The third-order valence-corrected chi connectivity index (χ3v) is 5.40. The zero-order valence-corrected chi connectivity index (χ0v) is 15.4. The van der Waals surface area contributed by atoms with Gasteiger partial charge in [-0.1, -0.05) is 5.16 Å². The quantitative estimate of drug-likeness (QED) is 0.790. The summed E-state index contributed by atoms with van der Waals surface area (Å²) >= 11 is 0. The van der Waals surface area contributed by atoms with Gasteiger partial charge in [0.05, 0.1) is 5.69 Å². The van der Waals surface area contributed by atoms with Crippen molar-refractivity contribution in [3.8, 4) is 0 Å². The highest BCUT2D eigenvalue weighted by atomic mass is 16.5. The van der Waals surface area contributed by atoms with E-state index in [2.05, 4.69) is 21.2 Å². The van der Waals surface area contributed by atoms with Crippen LogP contribution in [0.25, 0.3) is 0 Å². The van der Waals surface area contributed by atoms with Crippen molar-refractivity contribution in [1.29, 1.82) is 0 Å². The third-order valence-electron chi connectivity index (χ3n) is 5.40. The molecule has 0 unspecified atom stereocenters. The van der Waals surface area contributed by atoms with Gasteiger partial charge in [0.1, 0.15) is 5.76 Å².